The number of hydrogen-bond donors (Lipinski definition) is 1. The molecule has 1 N–H and O–H groups in total. The zero-order valence-electron chi connectivity index (χ0n) is 7.96. The van der Waals surface area contributed by atoms with Crippen LogP contribution in [0.5, 0.6) is 0 Å². The number of aromatic nitrogens is 2. The van der Waals surface area contributed by atoms with E-state index in [9.17, 15) is 13.2 Å². The molecule has 1 aliphatic rings. The standard InChI is InChI=1S/C9H11F3N2O/c10-9(11,12)8(15)6-5-14-4-2-1-3-7(14)13-6/h5,8,15H,1-4H2/t8-/m0/s1. The Morgan fingerprint density at radius 2 is 2.13 bits per heavy atom. The molecule has 1 aromatic rings. The lowest BCUT2D eigenvalue weighted by Gasteiger charge is -2.12. The van der Waals surface area contributed by atoms with Gasteiger partial charge in [0, 0.05) is 19.2 Å². The molecule has 2 rings (SSSR count). The second-order valence-corrected chi connectivity index (χ2v) is 3.68. The van der Waals surface area contributed by atoms with Gasteiger partial charge >= 0.3 is 6.18 Å². The first-order valence-electron chi connectivity index (χ1n) is 4.79. The van der Waals surface area contributed by atoms with Crippen LogP contribution >= 0.6 is 0 Å². The maximum Gasteiger partial charge on any atom is 0.420 e. The molecule has 6 heteroatoms. The summed E-state index contributed by atoms with van der Waals surface area (Å²) in [6, 6.07) is 0. The molecule has 0 aromatic carbocycles. The fourth-order valence-corrected chi connectivity index (χ4v) is 1.73. The summed E-state index contributed by atoms with van der Waals surface area (Å²) in [4.78, 5) is 3.81. The topological polar surface area (TPSA) is 38.0 Å². The van der Waals surface area contributed by atoms with Crippen LogP contribution in [0.4, 0.5) is 13.2 Å². The summed E-state index contributed by atoms with van der Waals surface area (Å²) in [5.74, 6) is 0.638. The molecule has 3 nitrogen and oxygen atoms in total. The number of aliphatic hydroxyl groups is 1. The van der Waals surface area contributed by atoms with E-state index in [0.29, 0.717) is 18.8 Å². The third kappa shape index (κ3) is 1.99. The summed E-state index contributed by atoms with van der Waals surface area (Å²) in [7, 11) is 0. The fraction of sp³-hybridized carbons (Fsp3) is 0.667. The van der Waals surface area contributed by atoms with Crippen LogP contribution in [0.3, 0.4) is 0 Å². The van der Waals surface area contributed by atoms with Crippen LogP contribution in [0.1, 0.15) is 30.5 Å². The molecule has 15 heavy (non-hydrogen) atoms. The van der Waals surface area contributed by atoms with Gasteiger partial charge in [0.15, 0.2) is 6.10 Å². The molecule has 0 amide bonds. The molecule has 0 saturated heterocycles. The van der Waals surface area contributed by atoms with Gasteiger partial charge in [-0.25, -0.2) is 4.98 Å². The van der Waals surface area contributed by atoms with Crippen molar-refractivity contribution < 1.29 is 18.3 Å². The van der Waals surface area contributed by atoms with Crippen LogP contribution in [0, 0.1) is 0 Å². The number of alkyl halides is 3. The molecular formula is C9H11F3N2O. The first kappa shape index (κ1) is 10.5. The van der Waals surface area contributed by atoms with Crippen LogP contribution in [0.15, 0.2) is 6.20 Å². The fourth-order valence-electron chi connectivity index (χ4n) is 1.73. The Balaban J connectivity index is 2.26. The number of aliphatic hydroxyl groups excluding tert-OH is 1. The van der Waals surface area contributed by atoms with Gasteiger partial charge in [0.1, 0.15) is 5.82 Å². The van der Waals surface area contributed by atoms with E-state index in [1.54, 1.807) is 4.57 Å². The third-order valence-corrected chi connectivity index (χ3v) is 2.52. The molecule has 84 valence electrons. The average molecular weight is 220 g/mol. The van der Waals surface area contributed by atoms with Crippen molar-refractivity contribution in [2.75, 3.05) is 0 Å². The quantitative estimate of drug-likeness (QED) is 0.783. The van der Waals surface area contributed by atoms with Gasteiger partial charge in [0.25, 0.3) is 0 Å². The number of hydrogen-bond acceptors (Lipinski definition) is 2. The van der Waals surface area contributed by atoms with Crippen molar-refractivity contribution in [3.63, 3.8) is 0 Å². The van der Waals surface area contributed by atoms with E-state index in [4.69, 9.17) is 5.11 Å². The molecule has 0 radical (unpaired) electrons. The average Bonchev–Trinajstić information content (AvgIpc) is 2.58. The van der Waals surface area contributed by atoms with Crippen molar-refractivity contribution >= 4 is 0 Å². The number of fused-ring (bicyclic) bond motifs is 1. The number of rotatable bonds is 1. The van der Waals surface area contributed by atoms with Crippen LogP contribution in [-0.2, 0) is 13.0 Å². The van der Waals surface area contributed by atoms with Crippen LogP contribution in [0.2, 0.25) is 0 Å². The summed E-state index contributed by atoms with van der Waals surface area (Å²) < 4.78 is 38.3. The highest BCUT2D eigenvalue weighted by Crippen LogP contribution is 2.32. The largest absolute Gasteiger partial charge is 0.420 e. The highest BCUT2D eigenvalue weighted by molar-refractivity contribution is 5.10. The van der Waals surface area contributed by atoms with Gasteiger partial charge in [-0.1, -0.05) is 0 Å². The van der Waals surface area contributed by atoms with Crippen molar-refractivity contribution in [2.24, 2.45) is 0 Å². The predicted molar refractivity (Wildman–Crippen MR) is 46.2 cm³/mol. The molecular weight excluding hydrogens is 209 g/mol. The zero-order chi connectivity index (χ0) is 11.1. The predicted octanol–water partition coefficient (Wildman–Crippen LogP) is 1.82. The molecule has 0 fully saturated rings. The minimum absolute atomic E-state index is 0.292. The summed E-state index contributed by atoms with van der Waals surface area (Å²) in [6.07, 6.45) is -3.22. The van der Waals surface area contributed by atoms with E-state index in [2.05, 4.69) is 4.98 Å². The lowest BCUT2D eigenvalue weighted by atomic mass is 10.2. The Kier molecular flexibility index (Phi) is 2.46. The summed E-state index contributed by atoms with van der Waals surface area (Å²) in [5.41, 5.74) is -0.292. The van der Waals surface area contributed by atoms with Crippen molar-refractivity contribution in [1.82, 2.24) is 9.55 Å². The monoisotopic (exact) mass is 220 g/mol. The van der Waals surface area contributed by atoms with Gasteiger partial charge in [-0.15, -0.1) is 0 Å². The van der Waals surface area contributed by atoms with Gasteiger partial charge in [0.05, 0.1) is 5.69 Å². The van der Waals surface area contributed by atoms with E-state index in [1.807, 2.05) is 0 Å². The first-order valence-corrected chi connectivity index (χ1v) is 4.79. The van der Waals surface area contributed by atoms with Gasteiger partial charge in [-0.3, -0.25) is 0 Å². The SMILES string of the molecule is O[C@@H](c1cn2c(n1)CCCC2)C(F)(F)F. The zero-order valence-corrected chi connectivity index (χ0v) is 7.96. The van der Waals surface area contributed by atoms with Crippen molar-refractivity contribution in [3.8, 4) is 0 Å². The first-order chi connectivity index (χ1) is 6.98. The highest BCUT2D eigenvalue weighted by atomic mass is 19.4. The van der Waals surface area contributed by atoms with Crippen molar-refractivity contribution in [3.05, 3.63) is 17.7 Å². The molecule has 1 aromatic heterocycles. The normalized spacial score (nSPS) is 18.7. The highest BCUT2D eigenvalue weighted by Gasteiger charge is 2.41. The molecule has 0 bridgehead atoms. The summed E-state index contributed by atoms with van der Waals surface area (Å²) >= 11 is 0. The molecule has 0 aliphatic carbocycles. The molecule has 0 unspecified atom stereocenters. The number of aryl methyl sites for hydroxylation is 2. The van der Waals surface area contributed by atoms with E-state index < -0.39 is 12.3 Å². The van der Waals surface area contributed by atoms with Gasteiger partial charge in [-0.05, 0) is 12.8 Å². The lowest BCUT2D eigenvalue weighted by molar-refractivity contribution is -0.207. The Bertz CT molecular complexity index is 335. The van der Waals surface area contributed by atoms with Crippen LogP contribution < -0.4 is 0 Å². The summed E-state index contributed by atoms with van der Waals surface area (Å²) in [6.45, 7) is 0.687. The molecule has 2 heterocycles. The molecule has 1 aliphatic heterocycles. The molecule has 0 spiro atoms. The van der Waals surface area contributed by atoms with Gasteiger partial charge < -0.3 is 9.67 Å². The molecule has 1 atom stereocenters. The Hall–Kier alpha value is -1.04. The molecule has 0 saturated carbocycles. The second kappa shape index (κ2) is 3.52. The van der Waals surface area contributed by atoms with E-state index in [0.717, 1.165) is 12.8 Å². The van der Waals surface area contributed by atoms with Crippen molar-refractivity contribution in [2.45, 2.75) is 38.1 Å². The number of imidazole rings is 1. The van der Waals surface area contributed by atoms with E-state index in [-0.39, 0.29) is 5.69 Å². The lowest BCUT2D eigenvalue weighted by Crippen LogP contribution is -2.20. The number of halogens is 3. The third-order valence-electron chi connectivity index (χ3n) is 2.52. The minimum Gasteiger partial charge on any atom is -0.378 e. The smallest absolute Gasteiger partial charge is 0.378 e. The van der Waals surface area contributed by atoms with Gasteiger partial charge in [-0.2, -0.15) is 13.2 Å². The van der Waals surface area contributed by atoms with Gasteiger partial charge in [0.2, 0.25) is 0 Å². The van der Waals surface area contributed by atoms with Crippen LogP contribution in [-0.4, -0.2) is 20.8 Å². The maximum absolute atomic E-state index is 12.2. The van der Waals surface area contributed by atoms with E-state index >= 15 is 0 Å². The number of nitrogens with zero attached hydrogens (tertiary/aromatic N) is 2. The maximum atomic E-state index is 12.2. The summed E-state index contributed by atoms with van der Waals surface area (Å²) in [5, 5.41) is 9.01. The Morgan fingerprint density at radius 1 is 1.40 bits per heavy atom. The Labute approximate surface area is 84.5 Å². The second-order valence-electron chi connectivity index (χ2n) is 3.68. The minimum atomic E-state index is -4.63. The van der Waals surface area contributed by atoms with Crippen LogP contribution in [0.25, 0.3) is 0 Å². The van der Waals surface area contributed by atoms with Crippen molar-refractivity contribution in [1.29, 1.82) is 0 Å². The Morgan fingerprint density at radius 3 is 2.73 bits per heavy atom. The van der Waals surface area contributed by atoms with E-state index in [1.165, 1.54) is 6.20 Å².